The molecular weight excluding hydrogens is 343 g/mol. The van der Waals surface area contributed by atoms with Crippen LogP contribution in [0.25, 0.3) is 0 Å². The second-order valence-electron chi connectivity index (χ2n) is 6.85. The summed E-state index contributed by atoms with van der Waals surface area (Å²) in [5.41, 5.74) is 3.60. The summed E-state index contributed by atoms with van der Waals surface area (Å²) in [6.45, 7) is 13.1. The highest BCUT2D eigenvalue weighted by Gasteiger charge is 2.36. The molecule has 152 valence electrons. The maximum absolute atomic E-state index is 12.1. The van der Waals surface area contributed by atoms with Crippen molar-refractivity contribution in [2.75, 3.05) is 25.2 Å². The number of aromatic nitrogens is 1. The molecule has 1 saturated carbocycles. The average molecular weight is 379 g/mol. The number of halogens is 1. The number of hydrogen-bond acceptors (Lipinski definition) is 5. The van der Waals surface area contributed by atoms with Crippen LogP contribution >= 0.6 is 0 Å². The molecule has 27 heavy (non-hydrogen) atoms. The number of fused-ring (bicyclic) bond motifs is 1. The zero-order valence-electron chi connectivity index (χ0n) is 17.7. The van der Waals surface area contributed by atoms with Crippen LogP contribution < -0.4 is 10.6 Å². The summed E-state index contributed by atoms with van der Waals surface area (Å²) in [5.74, 6) is 1.12. The van der Waals surface area contributed by atoms with Crippen molar-refractivity contribution >= 4 is 5.82 Å². The third-order valence-corrected chi connectivity index (χ3v) is 4.42. The van der Waals surface area contributed by atoms with Gasteiger partial charge in [0.2, 0.25) is 0 Å². The van der Waals surface area contributed by atoms with Gasteiger partial charge in [-0.2, -0.15) is 5.26 Å². The minimum Gasteiger partial charge on any atom is -0.370 e. The molecule has 2 N–H and O–H groups in total. The first-order valence-electron chi connectivity index (χ1n) is 10.2. The molecule has 3 rings (SSSR count). The van der Waals surface area contributed by atoms with Crippen LogP contribution in [0.5, 0.6) is 0 Å². The SMILES string of the molecule is CC.CC.CC1(C)Cc2c(C#N)c(NCCNCF)nc(C3CC3)c2CO1. The van der Waals surface area contributed by atoms with E-state index in [9.17, 15) is 9.65 Å². The molecule has 0 aromatic carbocycles. The lowest BCUT2D eigenvalue weighted by Crippen LogP contribution is -2.33. The highest BCUT2D eigenvalue weighted by atomic mass is 19.1. The van der Waals surface area contributed by atoms with Crippen LogP contribution in [-0.2, 0) is 17.8 Å². The highest BCUT2D eigenvalue weighted by Crippen LogP contribution is 2.45. The van der Waals surface area contributed by atoms with Gasteiger partial charge in [0, 0.05) is 31.0 Å². The fraction of sp³-hybridized carbons (Fsp3) is 0.714. The Balaban J connectivity index is 0.000000855. The predicted octanol–water partition coefficient (Wildman–Crippen LogP) is 4.66. The van der Waals surface area contributed by atoms with E-state index in [0.717, 1.165) is 29.7 Å². The molecule has 0 atom stereocenters. The maximum atomic E-state index is 12.1. The molecule has 0 saturated heterocycles. The van der Waals surface area contributed by atoms with Gasteiger partial charge in [-0.25, -0.2) is 9.37 Å². The van der Waals surface area contributed by atoms with Gasteiger partial charge in [0.15, 0.2) is 0 Å². The molecule has 1 aliphatic carbocycles. The first-order valence-corrected chi connectivity index (χ1v) is 10.2. The molecule has 1 aromatic heterocycles. The summed E-state index contributed by atoms with van der Waals surface area (Å²) < 4.78 is 18.1. The lowest BCUT2D eigenvalue weighted by molar-refractivity contribution is -0.0407. The smallest absolute Gasteiger partial charge is 0.144 e. The quantitative estimate of drug-likeness (QED) is 0.556. The Morgan fingerprint density at radius 3 is 2.41 bits per heavy atom. The molecule has 0 bridgehead atoms. The van der Waals surface area contributed by atoms with Crippen molar-refractivity contribution in [3.63, 3.8) is 0 Å². The Bertz CT molecular complexity index is 636. The van der Waals surface area contributed by atoms with E-state index in [0.29, 0.717) is 43.4 Å². The highest BCUT2D eigenvalue weighted by molar-refractivity contribution is 5.61. The largest absolute Gasteiger partial charge is 0.370 e. The van der Waals surface area contributed by atoms with Gasteiger partial charge in [-0.3, -0.25) is 5.32 Å². The van der Waals surface area contributed by atoms with Crippen LogP contribution in [0.4, 0.5) is 10.2 Å². The van der Waals surface area contributed by atoms with Crippen molar-refractivity contribution in [1.29, 1.82) is 5.26 Å². The molecule has 0 unspecified atom stereocenters. The molecule has 5 nitrogen and oxygen atoms in total. The van der Waals surface area contributed by atoms with Crippen molar-refractivity contribution in [1.82, 2.24) is 10.3 Å². The first-order chi connectivity index (χ1) is 13.1. The molecular formula is C21H35FN4O. The number of anilines is 1. The number of ether oxygens (including phenoxy) is 1. The van der Waals surface area contributed by atoms with E-state index in [1.807, 2.05) is 41.5 Å². The molecule has 1 aliphatic heterocycles. The van der Waals surface area contributed by atoms with Crippen LogP contribution in [0.3, 0.4) is 0 Å². The van der Waals surface area contributed by atoms with Crippen molar-refractivity contribution in [3.05, 3.63) is 22.4 Å². The summed E-state index contributed by atoms with van der Waals surface area (Å²) in [6, 6.07) is 2.31. The lowest BCUT2D eigenvalue weighted by atomic mass is 9.87. The summed E-state index contributed by atoms with van der Waals surface area (Å²) in [4.78, 5) is 4.73. The predicted molar refractivity (Wildman–Crippen MR) is 109 cm³/mol. The van der Waals surface area contributed by atoms with Crippen molar-refractivity contribution in [2.24, 2.45) is 0 Å². The van der Waals surface area contributed by atoms with Gasteiger partial charge in [0.25, 0.3) is 0 Å². The molecule has 6 heteroatoms. The van der Waals surface area contributed by atoms with Crippen LogP contribution in [-0.4, -0.2) is 30.5 Å². The number of pyridine rings is 1. The summed E-state index contributed by atoms with van der Waals surface area (Å²) in [6.07, 6.45) is 3.01. The van der Waals surface area contributed by atoms with E-state index >= 15 is 0 Å². The Hall–Kier alpha value is -1.71. The van der Waals surface area contributed by atoms with E-state index in [4.69, 9.17) is 9.72 Å². The van der Waals surface area contributed by atoms with E-state index in [2.05, 4.69) is 16.7 Å². The molecule has 2 heterocycles. The molecule has 1 aromatic rings. The number of nitrogens with zero attached hydrogens (tertiary/aromatic N) is 2. The monoisotopic (exact) mass is 378 g/mol. The van der Waals surface area contributed by atoms with E-state index in [1.165, 1.54) is 0 Å². The van der Waals surface area contributed by atoms with Gasteiger partial charge >= 0.3 is 0 Å². The fourth-order valence-electron chi connectivity index (χ4n) is 3.07. The number of rotatable bonds is 6. The fourth-order valence-corrected chi connectivity index (χ4v) is 3.07. The Morgan fingerprint density at radius 2 is 1.85 bits per heavy atom. The second kappa shape index (κ2) is 11.2. The molecule has 2 aliphatic rings. The number of alkyl halides is 1. The van der Waals surface area contributed by atoms with Crippen LogP contribution in [0.15, 0.2) is 0 Å². The van der Waals surface area contributed by atoms with E-state index in [-0.39, 0.29) is 5.60 Å². The van der Waals surface area contributed by atoms with Gasteiger partial charge in [-0.05, 0) is 32.3 Å². The summed E-state index contributed by atoms with van der Waals surface area (Å²) >= 11 is 0. The van der Waals surface area contributed by atoms with Crippen LogP contribution in [0, 0.1) is 11.3 Å². The molecule has 0 radical (unpaired) electrons. The Morgan fingerprint density at radius 1 is 1.19 bits per heavy atom. The zero-order valence-corrected chi connectivity index (χ0v) is 17.7. The second-order valence-corrected chi connectivity index (χ2v) is 6.85. The van der Waals surface area contributed by atoms with E-state index < -0.39 is 6.80 Å². The molecule has 1 fully saturated rings. The lowest BCUT2D eigenvalue weighted by Gasteiger charge is -2.33. The number of hydrogen-bond donors (Lipinski definition) is 2. The Kier molecular flexibility index (Phi) is 9.68. The maximum Gasteiger partial charge on any atom is 0.144 e. The molecule has 0 spiro atoms. The zero-order chi connectivity index (χ0) is 20.4. The van der Waals surface area contributed by atoms with Crippen LogP contribution in [0.2, 0.25) is 0 Å². The molecule has 0 amide bonds. The third kappa shape index (κ3) is 6.15. The van der Waals surface area contributed by atoms with Gasteiger partial charge in [-0.1, -0.05) is 27.7 Å². The van der Waals surface area contributed by atoms with Crippen molar-refractivity contribution in [2.45, 2.75) is 78.9 Å². The van der Waals surface area contributed by atoms with Gasteiger partial charge < -0.3 is 10.1 Å². The first kappa shape index (κ1) is 23.3. The van der Waals surface area contributed by atoms with Crippen molar-refractivity contribution in [3.8, 4) is 6.07 Å². The minimum absolute atomic E-state index is 0.270. The van der Waals surface area contributed by atoms with Gasteiger partial charge in [-0.15, -0.1) is 0 Å². The van der Waals surface area contributed by atoms with E-state index in [1.54, 1.807) is 0 Å². The average Bonchev–Trinajstić information content (AvgIpc) is 3.52. The topological polar surface area (TPSA) is 70.0 Å². The minimum atomic E-state index is -0.552. The third-order valence-electron chi connectivity index (χ3n) is 4.42. The van der Waals surface area contributed by atoms with Gasteiger partial charge in [0.05, 0.1) is 23.5 Å². The number of nitrogens with one attached hydrogen (secondary N) is 2. The normalized spacial score (nSPS) is 16.7. The summed E-state index contributed by atoms with van der Waals surface area (Å²) in [7, 11) is 0. The number of nitriles is 1. The summed E-state index contributed by atoms with van der Waals surface area (Å²) in [5, 5.41) is 15.5. The van der Waals surface area contributed by atoms with Gasteiger partial charge in [0.1, 0.15) is 18.7 Å². The standard InChI is InChI=1S/C17H23FN4O.2C2H6/c1-17(2)7-12-13(8-19)16(21-6-5-20-10-18)22-15(11-3-4-11)14(12)9-23-17;2*1-2/h11,20H,3-7,9-10H2,1-2H3,(H,21,22);2*1-2H3. The Labute approximate surface area is 163 Å². The van der Waals surface area contributed by atoms with Crippen LogP contribution in [0.1, 0.15) is 82.7 Å². The van der Waals surface area contributed by atoms with Crippen molar-refractivity contribution < 1.29 is 9.13 Å².